The molecule has 0 bridgehead atoms. The minimum atomic E-state index is -3.70. The van der Waals surface area contributed by atoms with Gasteiger partial charge < -0.3 is 14.3 Å². The quantitative estimate of drug-likeness (QED) is 0.471. The molecule has 4 aromatic rings. The van der Waals surface area contributed by atoms with E-state index in [2.05, 4.69) is 34.6 Å². The molecule has 4 heterocycles. The van der Waals surface area contributed by atoms with Gasteiger partial charge in [-0.15, -0.1) is 0 Å². The molecule has 32 heavy (non-hydrogen) atoms. The van der Waals surface area contributed by atoms with E-state index >= 15 is 0 Å². The van der Waals surface area contributed by atoms with Crippen molar-refractivity contribution in [1.29, 1.82) is 0 Å². The van der Waals surface area contributed by atoms with Crippen molar-refractivity contribution < 1.29 is 12.9 Å². The van der Waals surface area contributed by atoms with Crippen LogP contribution in [0.5, 0.6) is 0 Å². The van der Waals surface area contributed by atoms with Crippen LogP contribution in [0.3, 0.4) is 0 Å². The second kappa shape index (κ2) is 8.42. The molecule has 164 valence electrons. The average Bonchev–Trinajstić information content (AvgIpc) is 3.22. The Balaban J connectivity index is 1.21. The molecule has 0 aliphatic carbocycles. The molecule has 0 unspecified atom stereocenters. The highest BCUT2D eigenvalue weighted by molar-refractivity contribution is 7.91. The summed E-state index contributed by atoms with van der Waals surface area (Å²) in [6, 6.07) is 13.0. The molecule has 1 aliphatic heterocycles. The van der Waals surface area contributed by atoms with Crippen LogP contribution in [0.4, 0.5) is 17.5 Å². The van der Waals surface area contributed by atoms with Crippen LogP contribution in [0.15, 0.2) is 65.6 Å². The van der Waals surface area contributed by atoms with Crippen LogP contribution in [-0.4, -0.2) is 54.7 Å². The molecule has 1 N–H and O–H groups in total. The van der Waals surface area contributed by atoms with Gasteiger partial charge in [-0.25, -0.2) is 23.4 Å². The zero-order valence-corrected chi connectivity index (χ0v) is 17.9. The van der Waals surface area contributed by atoms with Gasteiger partial charge in [0.25, 0.3) is 0 Å². The molecule has 1 saturated heterocycles. The number of hydrogen-bond donors (Lipinski definition) is 1. The fourth-order valence-electron chi connectivity index (χ4n) is 3.65. The summed E-state index contributed by atoms with van der Waals surface area (Å²) in [5.74, 6) is 1.22. The maximum absolute atomic E-state index is 12.6. The van der Waals surface area contributed by atoms with Gasteiger partial charge in [-0.05, 0) is 24.3 Å². The summed E-state index contributed by atoms with van der Waals surface area (Å²) in [4.78, 5) is 17.4. The number of para-hydroxylation sites is 1. The first kappa shape index (κ1) is 20.2. The van der Waals surface area contributed by atoms with Crippen LogP contribution >= 0.6 is 0 Å². The van der Waals surface area contributed by atoms with E-state index in [0.29, 0.717) is 28.3 Å². The topological polar surface area (TPSA) is 117 Å². The van der Waals surface area contributed by atoms with Gasteiger partial charge >= 0.3 is 0 Å². The summed E-state index contributed by atoms with van der Waals surface area (Å²) < 4.78 is 32.9. The van der Waals surface area contributed by atoms with Gasteiger partial charge in [-0.2, -0.15) is 0 Å². The molecule has 0 amide bonds. The largest absolute Gasteiger partial charge is 0.356 e. The lowest BCUT2D eigenvalue weighted by molar-refractivity contribution is 0.448. The Labute approximate surface area is 185 Å². The molecular formula is C21H21N7O3S. The molecule has 0 atom stereocenters. The fourth-order valence-corrected chi connectivity index (χ4v) is 4.76. The second-order valence-electron chi connectivity index (χ2n) is 7.42. The van der Waals surface area contributed by atoms with Gasteiger partial charge in [0.2, 0.25) is 16.0 Å². The van der Waals surface area contributed by atoms with E-state index in [1.807, 2.05) is 24.3 Å². The Morgan fingerprint density at radius 2 is 1.62 bits per heavy atom. The number of aromatic nitrogens is 4. The predicted octanol–water partition coefficient (Wildman–Crippen LogP) is 2.28. The first-order valence-corrected chi connectivity index (χ1v) is 11.8. The summed E-state index contributed by atoms with van der Waals surface area (Å²) in [6.45, 7) is 3.11. The summed E-state index contributed by atoms with van der Waals surface area (Å²) in [7, 11) is -3.70. The normalized spacial score (nSPS) is 14.6. The van der Waals surface area contributed by atoms with Crippen molar-refractivity contribution in [3.8, 4) is 0 Å². The molecule has 10 nitrogen and oxygen atoms in total. The summed E-state index contributed by atoms with van der Waals surface area (Å²) in [6.07, 6.45) is 4.74. The molecule has 5 rings (SSSR count). The van der Waals surface area contributed by atoms with Gasteiger partial charge in [0, 0.05) is 37.8 Å². The molecule has 1 aliphatic rings. The van der Waals surface area contributed by atoms with Crippen LogP contribution in [0.2, 0.25) is 0 Å². The highest BCUT2D eigenvalue weighted by atomic mass is 32.2. The Hall–Kier alpha value is -3.73. The maximum atomic E-state index is 12.6. The maximum Gasteiger partial charge on any atom is 0.238 e. The van der Waals surface area contributed by atoms with Crippen molar-refractivity contribution in [3.63, 3.8) is 0 Å². The Morgan fingerprint density at radius 1 is 0.906 bits per heavy atom. The Kier molecular flexibility index (Phi) is 5.31. The zero-order valence-electron chi connectivity index (χ0n) is 17.1. The fraction of sp³-hybridized carbons (Fsp3) is 0.238. The van der Waals surface area contributed by atoms with Crippen LogP contribution in [0.25, 0.3) is 11.0 Å². The highest BCUT2D eigenvalue weighted by Crippen LogP contribution is 2.21. The van der Waals surface area contributed by atoms with Crippen molar-refractivity contribution in [1.82, 2.24) is 20.1 Å². The van der Waals surface area contributed by atoms with Crippen molar-refractivity contribution in [2.24, 2.45) is 0 Å². The second-order valence-corrected chi connectivity index (χ2v) is 9.14. The van der Waals surface area contributed by atoms with Gasteiger partial charge in [0.1, 0.15) is 17.3 Å². The third-order valence-electron chi connectivity index (χ3n) is 5.23. The lowest BCUT2D eigenvalue weighted by Gasteiger charge is -2.35. The summed E-state index contributed by atoms with van der Waals surface area (Å²) in [5.41, 5.74) is 1.21. The average molecular weight is 452 g/mol. The third kappa shape index (κ3) is 4.33. The predicted molar refractivity (Wildman–Crippen MR) is 121 cm³/mol. The van der Waals surface area contributed by atoms with Crippen LogP contribution < -0.4 is 14.5 Å². The molecule has 1 aromatic carbocycles. The minimum Gasteiger partial charge on any atom is -0.356 e. The SMILES string of the molecule is O=S(=O)(Cc1noc2ccccc12)Nc1cnc(N2CCN(c3ccccn3)CC2)nc1. The molecule has 3 aromatic heterocycles. The first-order valence-electron chi connectivity index (χ1n) is 10.1. The van der Waals surface area contributed by atoms with E-state index < -0.39 is 10.0 Å². The van der Waals surface area contributed by atoms with Gasteiger partial charge in [0.15, 0.2) is 5.58 Å². The van der Waals surface area contributed by atoms with E-state index in [-0.39, 0.29) is 5.75 Å². The molecular weight excluding hydrogens is 430 g/mol. The molecule has 0 saturated carbocycles. The summed E-state index contributed by atoms with van der Waals surface area (Å²) >= 11 is 0. The van der Waals surface area contributed by atoms with Crippen LogP contribution in [0, 0.1) is 0 Å². The van der Waals surface area contributed by atoms with E-state index in [0.717, 1.165) is 32.0 Å². The number of benzene rings is 1. The number of nitrogens with one attached hydrogen (secondary N) is 1. The van der Waals surface area contributed by atoms with Gasteiger partial charge in [0.05, 0.1) is 18.1 Å². The molecule has 1 fully saturated rings. The van der Waals surface area contributed by atoms with E-state index in [4.69, 9.17) is 4.52 Å². The number of rotatable bonds is 6. The first-order chi connectivity index (χ1) is 15.6. The number of fused-ring (bicyclic) bond motifs is 1. The lowest BCUT2D eigenvalue weighted by Crippen LogP contribution is -2.47. The Bertz CT molecular complexity index is 1300. The smallest absolute Gasteiger partial charge is 0.238 e. The summed E-state index contributed by atoms with van der Waals surface area (Å²) in [5, 5.41) is 4.56. The van der Waals surface area contributed by atoms with Crippen molar-refractivity contribution in [2.45, 2.75) is 5.75 Å². The van der Waals surface area contributed by atoms with Gasteiger partial charge in [-0.1, -0.05) is 23.4 Å². The van der Waals surface area contributed by atoms with E-state index in [9.17, 15) is 8.42 Å². The number of nitrogens with zero attached hydrogens (tertiary/aromatic N) is 6. The number of anilines is 3. The monoisotopic (exact) mass is 451 g/mol. The lowest BCUT2D eigenvalue weighted by atomic mass is 10.2. The number of piperazine rings is 1. The number of pyridine rings is 1. The van der Waals surface area contributed by atoms with Crippen molar-refractivity contribution in [3.05, 3.63) is 66.7 Å². The van der Waals surface area contributed by atoms with Gasteiger partial charge in [-0.3, -0.25) is 4.72 Å². The minimum absolute atomic E-state index is 0.300. The molecule has 0 spiro atoms. The van der Waals surface area contributed by atoms with Crippen LogP contribution in [-0.2, 0) is 15.8 Å². The molecule has 11 heteroatoms. The number of sulfonamides is 1. The molecule has 0 radical (unpaired) electrons. The van der Waals surface area contributed by atoms with Crippen molar-refractivity contribution in [2.75, 3.05) is 40.7 Å². The van der Waals surface area contributed by atoms with Crippen molar-refractivity contribution >= 4 is 38.4 Å². The third-order valence-corrected chi connectivity index (χ3v) is 6.43. The van der Waals surface area contributed by atoms with Crippen LogP contribution in [0.1, 0.15) is 5.69 Å². The number of hydrogen-bond acceptors (Lipinski definition) is 9. The zero-order chi connectivity index (χ0) is 22.0. The Morgan fingerprint density at radius 3 is 2.38 bits per heavy atom. The highest BCUT2D eigenvalue weighted by Gasteiger charge is 2.21. The van der Waals surface area contributed by atoms with E-state index in [1.54, 1.807) is 24.4 Å². The standard InChI is InChI=1S/C21H21N7O3S/c29-32(30,15-18-17-5-1-2-6-19(17)31-25-18)26-16-13-23-21(24-14-16)28-11-9-27(10-12-28)20-7-3-4-8-22-20/h1-8,13-14,26H,9-12,15H2. The van der Waals surface area contributed by atoms with E-state index in [1.165, 1.54) is 12.4 Å².